The van der Waals surface area contributed by atoms with Gasteiger partial charge < -0.3 is 10.6 Å². The molecule has 0 aliphatic rings. The van der Waals surface area contributed by atoms with Crippen LogP contribution in [0.5, 0.6) is 0 Å². The largest absolute Gasteiger partial charge is 0.397 e. The lowest BCUT2D eigenvalue weighted by molar-refractivity contribution is 0.548. The van der Waals surface area contributed by atoms with Gasteiger partial charge in [0.2, 0.25) is 0 Å². The summed E-state index contributed by atoms with van der Waals surface area (Å²) in [5, 5.41) is 1.09. The molecular weight excluding hydrogens is 254 g/mol. The number of rotatable bonds is 5. The van der Waals surface area contributed by atoms with Crippen LogP contribution >= 0.6 is 11.3 Å². The molecule has 1 unspecified atom stereocenters. The molecule has 0 aliphatic heterocycles. The number of nitrogen functional groups attached to an aromatic ring is 1. The number of hydrogen-bond donors (Lipinski definition) is 1. The summed E-state index contributed by atoms with van der Waals surface area (Å²) in [6, 6.07) is 4.20. The van der Waals surface area contributed by atoms with Crippen molar-refractivity contribution in [1.29, 1.82) is 0 Å². The summed E-state index contributed by atoms with van der Waals surface area (Å²) in [7, 11) is 0. The van der Waals surface area contributed by atoms with Gasteiger partial charge >= 0.3 is 0 Å². The second-order valence-corrected chi connectivity index (χ2v) is 6.40. The molecule has 19 heavy (non-hydrogen) atoms. The van der Waals surface area contributed by atoms with Crippen molar-refractivity contribution in [2.24, 2.45) is 5.92 Å². The third-order valence-electron chi connectivity index (χ3n) is 3.60. The highest BCUT2D eigenvalue weighted by molar-refractivity contribution is 7.18. The predicted molar refractivity (Wildman–Crippen MR) is 86.1 cm³/mol. The van der Waals surface area contributed by atoms with Crippen molar-refractivity contribution >= 4 is 32.9 Å². The predicted octanol–water partition coefficient (Wildman–Crippen LogP) is 4.06. The molecule has 1 atom stereocenters. The molecule has 1 aromatic heterocycles. The summed E-state index contributed by atoms with van der Waals surface area (Å²) in [6.45, 7) is 10.8. The van der Waals surface area contributed by atoms with Crippen molar-refractivity contribution in [1.82, 2.24) is 4.98 Å². The highest BCUT2D eigenvalue weighted by atomic mass is 32.1. The van der Waals surface area contributed by atoms with E-state index in [2.05, 4.69) is 42.8 Å². The van der Waals surface area contributed by atoms with Crippen LogP contribution in [0.15, 0.2) is 12.1 Å². The Morgan fingerprint density at radius 3 is 2.74 bits per heavy atom. The summed E-state index contributed by atoms with van der Waals surface area (Å²) in [5.41, 5.74) is 9.28. The molecule has 0 radical (unpaired) electrons. The lowest BCUT2D eigenvalue weighted by Gasteiger charge is -2.27. The molecular formula is C15H23N3S. The molecule has 0 saturated carbocycles. The quantitative estimate of drug-likeness (QED) is 0.838. The van der Waals surface area contributed by atoms with Gasteiger partial charge in [0.05, 0.1) is 26.6 Å². The minimum absolute atomic E-state index is 0.673. The second-order valence-electron chi connectivity index (χ2n) is 5.16. The van der Waals surface area contributed by atoms with Crippen LogP contribution in [-0.4, -0.2) is 18.1 Å². The third-order valence-corrected chi connectivity index (χ3v) is 4.53. The minimum atomic E-state index is 0.673. The molecule has 0 amide bonds. The normalized spacial score (nSPS) is 12.8. The van der Waals surface area contributed by atoms with Crippen LogP contribution in [-0.2, 0) is 0 Å². The molecule has 1 aromatic carbocycles. The second kappa shape index (κ2) is 5.78. The number of fused-ring (bicyclic) bond motifs is 1. The maximum absolute atomic E-state index is 6.23. The number of benzene rings is 1. The van der Waals surface area contributed by atoms with Gasteiger partial charge in [-0.05, 0) is 31.9 Å². The van der Waals surface area contributed by atoms with Gasteiger partial charge in [0.1, 0.15) is 0 Å². The minimum Gasteiger partial charge on any atom is -0.397 e. The zero-order valence-electron chi connectivity index (χ0n) is 12.2. The van der Waals surface area contributed by atoms with Crippen LogP contribution in [0.2, 0.25) is 0 Å². The lowest BCUT2D eigenvalue weighted by atomic mass is 10.1. The van der Waals surface area contributed by atoms with Crippen LogP contribution in [0.4, 0.5) is 11.4 Å². The van der Waals surface area contributed by atoms with E-state index in [0.717, 1.165) is 35.0 Å². The Hall–Kier alpha value is -1.29. The summed E-state index contributed by atoms with van der Waals surface area (Å²) in [5.74, 6) is 0.673. The van der Waals surface area contributed by atoms with E-state index < -0.39 is 0 Å². The van der Waals surface area contributed by atoms with Crippen LogP contribution in [0.25, 0.3) is 10.2 Å². The Labute approximate surface area is 119 Å². The van der Waals surface area contributed by atoms with Gasteiger partial charge in [-0.15, -0.1) is 11.3 Å². The first-order valence-electron chi connectivity index (χ1n) is 6.96. The van der Waals surface area contributed by atoms with Gasteiger partial charge in [0.25, 0.3) is 0 Å². The molecule has 2 rings (SSSR count). The number of hydrogen-bond acceptors (Lipinski definition) is 4. The van der Waals surface area contributed by atoms with E-state index in [1.54, 1.807) is 11.3 Å². The van der Waals surface area contributed by atoms with Crippen LogP contribution in [0, 0.1) is 12.8 Å². The summed E-state index contributed by atoms with van der Waals surface area (Å²) < 4.78 is 1.18. The van der Waals surface area contributed by atoms with Crippen LogP contribution in [0.1, 0.15) is 32.2 Å². The number of thiazole rings is 1. The third kappa shape index (κ3) is 3.00. The van der Waals surface area contributed by atoms with Crippen molar-refractivity contribution in [2.75, 3.05) is 23.7 Å². The molecule has 1 heterocycles. The average molecular weight is 277 g/mol. The lowest BCUT2D eigenvalue weighted by Crippen LogP contribution is -2.28. The maximum Gasteiger partial charge on any atom is 0.0907 e. The topological polar surface area (TPSA) is 42.2 Å². The first kappa shape index (κ1) is 14.1. The number of nitrogens with two attached hydrogens (primary N) is 1. The Kier molecular flexibility index (Phi) is 4.30. The molecule has 0 aliphatic carbocycles. The van der Waals surface area contributed by atoms with Gasteiger partial charge in [-0.2, -0.15) is 0 Å². The first-order chi connectivity index (χ1) is 9.05. The van der Waals surface area contributed by atoms with E-state index >= 15 is 0 Å². The van der Waals surface area contributed by atoms with E-state index in [0.29, 0.717) is 5.92 Å². The van der Waals surface area contributed by atoms with Crippen molar-refractivity contribution < 1.29 is 0 Å². The smallest absolute Gasteiger partial charge is 0.0907 e. The first-order valence-corrected chi connectivity index (χ1v) is 7.78. The van der Waals surface area contributed by atoms with Gasteiger partial charge in [0, 0.05) is 13.1 Å². The maximum atomic E-state index is 6.23. The fourth-order valence-corrected chi connectivity index (χ4v) is 3.13. The van der Waals surface area contributed by atoms with Crippen molar-refractivity contribution in [3.8, 4) is 0 Å². The van der Waals surface area contributed by atoms with Crippen molar-refractivity contribution in [3.05, 3.63) is 17.1 Å². The van der Waals surface area contributed by atoms with Gasteiger partial charge in [-0.3, -0.25) is 0 Å². The van der Waals surface area contributed by atoms with Crippen LogP contribution in [0.3, 0.4) is 0 Å². The molecule has 0 bridgehead atoms. The summed E-state index contributed by atoms with van der Waals surface area (Å²) in [6.07, 6.45) is 1.19. The molecule has 2 N–H and O–H groups in total. The fraction of sp³-hybridized carbons (Fsp3) is 0.533. The van der Waals surface area contributed by atoms with Gasteiger partial charge in [-0.25, -0.2) is 4.98 Å². The molecule has 2 aromatic rings. The van der Waals surface area contributed by atoms with Crippen molar-refractivity contribution in [3.63, 3.8) is 0 Å². The van der Waals surface area contributed by atoms with E-state index in [1.807, 2.05) is 6.92 Å². The van der Waals surface area contributed by atoms with Gasteiger partial charge in [0.15, 0.2) is 0 Å². The van der Waals surface area contributed by atoms with E-state index in [9.17, 15) is 0 Å². The Bertz CT molecular complexity index is 562. The molecule has 3 nitrogen and oxygen atoms in total. The number of aromatic nitrogens is 1. The average Bonchev–Trinajstić information content (AvgIpc) is 2.74. The van der Waals surface area contributed by atoms with Gasteiger partial charge in [-0.1, -0.05) is 20.3 Å². The fourth-order valence-electron chi connectivity index (χ4n) is 2.27. The number of anilines is 2. The standard InChI is InChI=1S/C15H23N3S/c1-5-10(3)9-18(6-2)14-8-13-15(7-12(14)16)19-11(4)17-13/h7-8,10H,5-6,9,16H2,1-4H3. The Morgan fingerprint density at radius 2 is 2.11 bits per heavy atom. The Morgan fingerprint density at radius 1 is 1.37 bits per heavy atom. The molecule has 4 heteroatoms. The SMILES string of the molecule is CCC(C)CN(CC)c1cc2nc(C)sc2cc1N. The van der Waals surface area contributed by atoms with E-state index in [-0.39, 0.29) is 0 Å². The molecule has 0 saturated heterocycles. The van der Waals surface area contributed by atoms with Crippen molar-refractivity contribution in [2.45, 2.75) is 34.1 Å². The molecule has 0 spiro atoms. The summed E-state index contributed by atoms with van der Waals surface area (Å²) in [4.78, 5) is 6.93. The zero-order valence-corrected chi connectivity index (χ0v) is 13.0. The number of aryl methyl sites for hydroxylation is 1. The molecule has 0 fully saturated rings. The van der Waals surface area contributed by atoms with E-state index in [1.165, 1.54) is 11.1 Å². The molecule has 104 valence electrons. The monoisotopic (exact) mass is 277 g/mol. The Balaban J connectivity index is 2.38. The highest BCUT2D eigenvalue weighted by Crippen LogP contribution is 2.32. The zero-order chi connectivity index (χ0) is 14.0. The van der Waals surface area contributed by atoms with Crippen LogP contribution < -0.4 is 10.6 Å². The number of nitrogens with zero attached hydrogens (tertiary/aromatic N) is 2. The summed E-state index contributed by atoms with van der Waals surface area (Å²) >= 11 is 1.70. The highest BCUT2D eigenvalue weighted by Gasteiger charge is 2.13. The van der Waals surface area contributed by atoms with E-state index in [4.69, 9.17) is 5.73 Å².